The van der Waals surface area contributed by atoms with Crippen LogP contribution in [0.5, 0.6) is 5.75 Å². The van der Waals surface area contributed by atoms with Crippen molar-refractivity contribution >= 4 is 46.4 Å². The first kappa shape index (κ1) is 25.6. The Bertz CT molecular complexity index is 1330. The highest BCUT2D eigenvalue weighted by atomic mass is 35.5. The number of ketones is 2. The highest BCUT2D eigenvalue weighted by Gasteiger charge is 2.42. The number of ether oxygens (including phenoxy) is 2. The number of hydrogen-bond donors (Lipinski definition) is 1. The molecule has 1 heterocycles. The first-order valence-corrected chi connectivity index (χ1v) is 13.2. The Kier molecular flexibility index (Phi) is 7.15. The van der Waals surface area contributed by atoms with Gasteiger partial charge in [0, 0.05) is 48.4 Å². The number of anilines is 1. The van der Waals surface area contributed by atoms with E-state index < -0.39 is 5.92 Å². The molecule has 0 atom stereocenters. The second kappa shape index (κ2) is 10.3. The number of Topliss-reactive ketones (excluding diaryl/α,β-unsaturated/α-hetero) is 2. The van der Waals surface area contributed by atoms with Crippen molar-refractivity contribution < 1.29 is 23.9 Å². The summed E-state index contributed by atoms with van der Waals surface area (Å²) in [6, 6.07) is 9.01. The summed E-state index contributed by atoms with van der Waals surface area (Å²) in [7, 11) is 0. The van der Waals surface area contributed by atoms with Crippen LogP contribution in [0.2, 0.25) is 10.0 Å². The fraction of sp³-hybridized carbons (Fsp3) is 0.345. The van der Waals surface area contributed by atoms with Gasteiger partial charge in [-0.15, -0.1) is 0 Å². The summed E-state index contributed by atoms with van der Waals surface area (Å²) in [5.74, 6) is 0.494. The predicted octanol–water partition coefficient (Wildman–Crippen LogP) is 6.76. The molecule has 2 aromatic rings. The summed E-state index contributed by atoms with van der Waals surface area (Å²) in [5, 5.41) is 3.24. The molecular formula is C29H27Cl2NO5. The Morgan fingerprint density at radius 1 is 0.973 bits per heavy atom. The standard InChI is InChI=1S/C29H27Cl2NO5/c1-15-6-3-7-20(16(15)2)32-25(35)14-36-29-18(30)12-17(13-19(29)31)26-27-21(33)8-4-10-23(27)37-24-11-5-9-22(34)28(24)26/h3,6-7,12-13,26H,4-5,8-11,14H2,1-2H3,(H,32,35). The number of rotatable bonds is 5. The average molecular weight is 540 g/mol. The van der Waals surface area contributed by atoms with Crippen molar-refractivity contribution in [2.45, 2.75) is 58.3 Å². The van der Waals surface area contributed by atoms with Gasteiger partial charge in [-0.2, -0.15) is 0 Å². The highest BCUT2D eigenvalue weighted by molar-refractivity contribution is 6.37. The molecule has 0 fully saturated rings. The SMILES string of the molecule is Cc1cccc(NC(=O)COc2c(Cl)cc(C3C4=C(CCCC4=O)OC4=C3C(=O)CCC4)cc2Cl)c1C. The smallest absolute Gasteiger partial charge is 0.262 e. The number of hydrogen-bond acceptors (Lipinski definition) is 5. The van der Waals surface area contributed by atoms with E-state index >= 15 is 0 Å². The van der Waals surface area contributed by atoms with E-state index in [0.29, 0.717) is 59.6 Å². The monoisotopic (exact) mass is 539 g/mol. The molecule has 0 radical (unpaired) electrons. The third-order valence-electron chi connectivity index (χ3n) is 7.22. The number of allylic oxidation sites excluding steroid dienone is 4. The molecule has 1 N–H and O–H groups in total. The Morgan fingerprint density at radius 2 is 1.57 bits per heavy atom. The van der Waals surface area contributed by atoms with Gasteiger partial charge in [0.2, 0.25) is 0 Å². The van der Waals surface area contributed by atoms with Crippen LogP contribution >= 0.6 is 23.2 Å². The molecule has 0 spiro atoms. The third kappa shape index (κ3) is 4.92. The molecule has 5 rings (SSSR count). The zero-order valence-electron chi connectivity index (χ0n) is 20.7. The Hall–Kier alpha value is -3.09. The molecule has 1 aliphatic heterocycles. The third-order valence-corrected chi connectivity index (χ3v) is 7.78. The summed E-state index contributed by atoms with van der Waals surface area (Å²) in [6.45, 7) is 3.62. The molecule has 0 saturated carbocycles. The molecule has 6 nitrogen and oxygen atoms in total. The molecule has 3 aliphatic rings. The fourth-order valence-electron chi connectivity index (χ4n) is 5.25. The topological polar surface area (TPSA) is 81.7 Å². The lowest BCUT2D eigenvalue weighted by molar-refractivity contribution is -0.119. The van der Waals surface area contributed by atoms with Gasteiger partial charge < -0.3 is 14.8 Å². The lowest BCUT2D eigenvalue weighted by atomic mass is 9.73. The quantitative estimate of drug-likeness (QED) is 0.454. The maximum Gasteiger partial charge on any atom is 0.262 e. The van der Waals surface area contributed by atoms with Crippen molar-refractivity contribution in [2.75, 3.05) is 11.9 Å². The number of nitrogens with one attached hydrogen (secondary N) is 1. The van der Waals surface area contributed by atoms with Crippen LogP contribution in [-0.2, 0) is 19.1 Å². The van der Waals surface area contributed by atoms with Crippen molar-refractivity contribution in [1.82, 2.24) is 0 Å². The Balaban J connectivity index is 1.42. The summed E-state index contributed by atoms with van der Waals surface area (Å²) >= 11 is 13.2. The molecule has 37 heavy (non-hydrogen) atoms. The first-order valence-electron chi connectivity index (χ1n) is 12.4. The van der Waals surface area contributed by atoms with E-state index in [0.717, 1.165) is 24.0 Å². The fourth-order valence-corrected chi connectivity index (χ4v) is 5.86. The summed E-state index contributed by atoms with van der Waals surface area (Å²) in [4.78, 5) is 38.5. The highest BCUT2D eigenvalue weighted by Crippen LogP contribution is 2.49. The molecule has 2 aliphatic carbocycles. The van der Waals surface area contributed by atoms with Crippen molar-refractivity contribution in [3.63, 3.8) is 0 Å². The maximum atomic E-state index is 13.0. The van der Waals surface area contributed by atoms with Gasteiger partial charge in [-0.25, -0.2) is 0 Å². The summed E-state index contributed by atoms with van der Waals surface area (Å²) in [5.41, 5.74) is 4.43. The summed E-state index contributed by atoms with van der Waals surface area (Å²) < 4.78 is 11.8. The van der Waals surface area contributed by atoms with E-state index in [1.54, 1.807) is 12.1 Å². The average Bonchev–Trinajstić information content (AvgIpc) is 2.85. The molecule has 0 saturated heterocycles. The minimum atomic E-state index is -0.573. The molecule has 2 aromatic carbocycles. The van der Waals surface area contributed by atoms with Crippen molar-refractivity contribution in [2.24, 2.45) is 0 Å². The van der Waals surface area contributed by atoms with Crippen molar-refractivity contribution in [3.05, 3.63) is 79.7 Å². The van der Waals surface area contributed by atoms with Crippen LogP contribution in [-0.4, -0.2) is 24.1 Å². The van der Waals surface area contributed by atoms with Gasteiger partial charge in [0.25, 0.3) is 5.91 Å². The normalized spacial score (nSPS) is 17.8. The minimum Gasteiger partial charge on any atom is -0.481 e. The van der Waals surface area contributed by atoms with Crippen LogP contribution in [0.15, 0.2) is 53.0 Å². The zero-order chi connectivity index (χ0) is 26.3. The Morgan fingerprint density at radius 3 is 2.16 bits per heavy atom. The zero-order valence-corrected chi connectivity index (χ0v) is 22.2. The second-order valence-electron chi connectivity index (χ2n) is 9.66. The Labute approximate surface area is 225 Å². The van der Waals surface area contributed by atoms with Crippen LogP contribution in [0.4, 0.5) is 5.69 Å². The number of carbonyl (C=O) groups excluding carboxylic acids is 3. The van der Waals surface area contributed by atoms with Gasteiger partial charge >= 0.3 is 0 Å². The van der Waals surface area contributed by atoms with E-state index in [4.69, 9.17) is 32.7 Å². The van der Waals surface area contributed by atoms with E-state index in [1.165, 1.54) is 0 Å². The van der Waals surface area contributed by atoms with Crippen molar-refractivity contribution in [3.8, 4) is 5.75 Å². The largest absolute Gasteiger partial charge is 0.481 e. The van der Waals surface area contributed by atoms with Crippen LogP contribution in [0.25, 0.3) is 0 Å². The summed E-state index contributed by atoms with van der Waals surface area (Å²) in [6.07, 6.45) is 3.57. The molecular weight excluding hydrogens is 513 g/mol. The lowest BCUT2D eigenvalue weighted by Gasteiger charge is -2.36. The van der Waals surface area contributed by atoms with Crippen LogP contribution in [0, 0.1) is 13.8 Å². The van der Waals surface area contributed by atoms with Crippen molar-refractivity contribution in [1.29, 1.82) is 0 Å². The van der Waals surface area contributed by atoms with Crippen LogP contribution < -0.4 is 10.1 Å². The molecule has 1 amide bonds. The maximum absolute atomic E-state index is 13.0. The van der Waals surface area contributed by atoms with E-state index in [1.807, 2.05) is 32.0 Å². The van der Waals surface area contributed by atoms with Crippen LogP contribution in [0.1, 0.15) is 61.1 Å². The lowest BCUT2D eigenvalue weighted by Crippen LogP contribution is -2.30. The number of benzene rings is 2. The second-order valence-corrected chi connectivity index (χ2v) is 10.5. The number of aryl methyl sites for hydroxylation is 1. The molecule has 0 unspecified atom stereocenters. The van der Waals surface area contributed by atoms with E-state index in [9.17, 15) is 14.4 Å². The number of carbonyl (C=O) groups is 3. The molecule has 0 bridgehead atoms. The van der Waals surface area contributed by atoms with Gasteiger partial charge in [0.15, 0.2) is 23.9 Å². The predicted molar refractivity (Wildman–Crippen MR) is 142 cm³/mol. The molecule has 0 aromatic heterocycles. The number of amides is 1. The van der Waals surface area contributed by atoms with E-state index in [-0.39, 0.29) is 39.9 Å². The van der Waals surface area contributed by atoms with Gasteiger partial charge in [-0.1, -0.05) is 35.3 Å². The molecule has 8 heteroatoms. The number of halogens is 2. The van der Waals surface area contributed by atoms with Gasteiger partial charge in [0.1, 0.15) is 11.5 Å². The van der Waals surface area contributed by atoms with E-state index in [2.05, 4.69) is 5.32 Å². The first-order chi connectivity index (χ1) is 17.7. The van der Waals surface area contributed by atoms with Gasteiger partial charge in [-0.3, -0.25) is 14.4 Å². The van der Waals surface area contributed by atoms with Gasteiger partial charge in [-0.05, 0) is 61.6 Å². The van der Waals surface area contributed by atoms with Crippen LogP contribution in [0.3, 0.4) is 0 Å². The van der Waals surface area contributed by atoms with Gasteiger partial charge in [0.05, 0.1) is 10.0 Å². The molecule has 192 valence electrons. The minimum absolute atomic E-state index is 0.0214.